The van der Waals surface area contributed by atoms with Crippen molar-refractivity contribution in [2.24, 2.45) is 0 Å². The normalized spacial score (nSPS) is 16.1. The van der Waals surface area contributed by atoms with E-state index >= 15 is 0 Å². The molecular formula is C16H13FO4. The minimum Gasteiger partial charge on any atom is -0.489 e. The molecule has 3 rings (SSSR count). The molecule has 2 aromatic carbocycles. The Morgan fingerprint density at radius 1 is 1.33 bits per heavy atom. The summed E-state index contributed by atoms with van der Waals surface area (Å²) >= 11 is 0. The van der Waals surface area contributed by atoms with Crippen molar-refractivity contribution in [1.82, 2.24) is 0 Å². The van der Waals surface area contributed by atoms with Crippen LogP contribution in [0.2, 0.25) is 0 Å². The highest BCUT2D eigenvalue weighted by atomic mass is 19.1. The average Bonchev–Trinajstić information content (AvgIpc) is 2.87. The molecule has 4 nitrogen and oxygen atoms in total. The number of hydrogen-bond acceptors (Lipinski definition) is 3. The van der Waals surface area contributed by atoms with E-state index in [0.717, 1.165) is 23.4 Å². The van der Waals surface area contributed by atoms with Crippen molar-refractivity contribution in [3.8, 4) is 11.5 Å². The van der Waals surface area contributed by atoms with Gasteiger partial charge in [0, 0.05) is 12.5 Å². The smallest absolute Gasteiger partial charge is 0.339 e. The van der Waals surface area contributed by atoms with Gasteiger partial charge in [-0.15, -0.1) is 0 Å². The van der Waals surface area contributed by atoms with Crippen LogP contribution < -0.4 is 9.47 Å². The number of carboxylic acid groups (broad SMARTS) is 1. The lowest BCUT2D eigenvalue weighted by molar-refractivity contribution is 0.0688. The van der Waals surface area contributed by atoms with Crippen molar-refractivity contribution in [1.29, 1.82) is 0 Å². The van der Waals surface area contributed by atoms with Crippen LogP contribution in [0.25, 0.3) is 0 Å². The van der Waals surface area contributed by atoms with Gasteiger partial charge in [-0.25, -0.2) is 9.18 Å². The second-order valence-electron chi connectivity index (χ2n) is 4.81. The Balaban J connectivity index is 1.69. The summed E-state index contributed by atoms with van der Waals surface area (Å²) in [6, 6.07) is 11.0. The number of hydrogen-bond donors (Lipinski definition) is 1. The number of ether oxygens (including phenoxy) is 2. The maximum absolute atomic E-state index is 13.2. The zero-order valence-corrected chi connectivity index (χ0v) is 11.1. The van der Waals surface area contributed by atoms with Crippen LogP contribution in [0.3, 0.4) is 0 Å². The number of halogens is 1. The summed E-state index contributed by atoms with van der Waals surface area (Å²) in [6.07, 6.45) is 0.487. The first kappa shape index (κ1) is 13.4. The van der Waals surface area contributed by atoms with E-state index in [0.29, 0.717) is 6.42 Å². The molecule has 1 heterocycles. The van der Waals surface area contributed by atoms with E-state index in [4.69, 9.17) is 14.6 Å². The molecule has 0 aliphatic carbocycles. The summed E-state index contributed by atoms with van der Waals surface area (Å²) in [5, 5.41) is 9.06. The third kappa shape index (κ3) is 2.81. The minimum absolute atomic E-state index is 0.0158. The Kier molecular flexibility index (Phi) is 3.48. The molecule has 108 valence electrons. The number of aromatic carboxylic acids is 1. The number of carbonyl (C=O) groups is 1. The van der Waals surface area contributed by atoms with Gasteiger partial charge >= 0.3 is 5.97 Å². The van der Waals surface area contributed by atoms with Crippen LogP contribution in [0.15, 0.2) is 42.5 Å². The molecule has 1 unspecified atom stereocenters. The van der Waals surface area contributed by atoms with Gasteiger partial charge in [-0.3, -0.25) is 0 Å². The second kappa shape index (κ2) is 5.44. The quantitative estimate of drug-likeness (QED) is 0.940. The molecule has 1 aliphatic rings. The molecule has 1 N–H and O–H groups in total. The maximum atomic E-state index is 13.2. The van der Waals surface area contributed by atoms with E-state index in [1.54, 1.807) is 0 Å². The van der Waals surface area contributed by atoms with E-state index in [9.17, 15) is 9.18 Å². The number of rotatable bonds is 4. The summed E-state index contributed by atoms with van der Waals surface area (Å²) in [4.78, 5) is 11.1. The Morgan fingerprint density at radius 3 is 2.90 bits per heavy atom. The van der Waals surface area contributed by atoms with E-state index in [-0.39, 0.29) is 24.0 Å². The maximum Gasteiger partial charge on any atom is 0.339 e. The van der Waals surface area contributed by atoms with E-state index in [2.05, 4.69) is 0 Å². The number of para-hydroxylation sites is 1. The van der Waals surface area contributed by atoms with Crippen LogP contribution in [0.1, 0.15) is 15.9 Å². The third-order valence-electron chi connectivity index (χ3n) is 3.31. The highest BCUT2D eigenvalue weighted by Crippen LogP contribution is 2.29. The monoisotopic (exact) mass is 288 g/mol. The van der Waals surface area contributed by atoms with Gasteiger partial charge in [0.05, 0.1) is 0 Å². The second-order valence-corrected chi connectivity index (χ2v) is 4.81. The fourth-order valence-corrected chi connectivity index (χ4v) is 2.32. The Hall–Kier alpha value is -2.56. The zero-order valence-electron chi connectivity index (χ0n) is 11.1. The summed E-state index contributed by atoms with van der Waals surface area (Å²) in [5.74, 6) is -0.864. The van der Waals surface area contributed by atoms with Crippen LogP contribution >= 0.6 is 0 Å². The summed E-state index contributed by atoms with van der Waals surface area (Å²) in [5.41, 5.74) is 1.02. The predicted octanol–water partition coefficient (Wildman–Crippen LogP) is 2.91. The average molecular weight is 288 g/mol. The molecule has 21 heavy (non-hydrogen) atoms. The lowest BCUT2D eigenvalue weighted by Crippen LogP contribution is -2.23. The van der Waals surface area contributed by atoms with Crippen molar-refractivity contribution in [3.05, 3.63) is 59.4 Å². The van der Waals surface area contributed by atoms with Gasteiger partial charge in [0.15, 0.2) is 0 Å². The molecule has 0 bridgehead atoms. The Labute approximate surface area is 120 Å². The van der Waals surface area contributed by atoms with Crippen molar-refractivity contribution < 1.29 is 23.8 Å². The fourth-order valence-electron chi connectivity index (χ4n) is 2.32. The highest BCUT2D eigenvalue weighted by molar-refractivity contribution is 5.90. The molecule has 0 amide bonds. The van der Waals surface area contributed by atoms with E-state index in [1.165, 1.54) is 6.07 Å². The summed E-state index contributed by atoms with van der Waals surface area (Å²) in [7, 11) is 0. The topological polar surface area (TPSA) is 55.8 Å². The SMILES string of the molecule is O=C(O)c1ccc(F)cc1OCC1Cc2ccccc2O1. The van der Waals surface area contributed by atoms with Crippen molar-refractivity contribution >= 4 is 5.97 Å². The largest absolute Gasteiger partial charge is 0.489 e. The van der Waals surface area contributed by atoms with Gasteiger partial charge in [0.25, 0.3) is 0 Å². The summed E-state index contributed by atoms with van der Waals surface area (Å²) < 4.78 is 24.4. The van der Waals surface area contributed by atoms with Crippen molar-refractivity contribution in [2.45, 2.75) is 12.5 Å². The first-order chi connectivity index (χ1) is 10.1. The van der Waals surface area contributed by atoms with E-state index in [1.807, 2.05) is 24.3 Å². The van der Waals surface area contributed by atoms with E-state index < -0.39 is 11.8 Å². The molecule has 0 fully saturated rings. The van der Waals surface area contributed by atoms with Crippen LogP contribution in [-0.4, -0.2) is 23.8 Å². The summed E-state index contributed by atoms with van der Waals surface area (Å²) in [6.45, 7) is 0.165. The van der Waals surface area contributed by atoms with Crippen molar-refractivity contribution in [3.63, 3.8) is 0 Å². The van der Waals surface area contributed by atoms with Gasteiger partial charge in [0.2, 0.25) is 0 Å². The number of carboxylic acids is 1. The fraction of sp³-hybridized carbons (Fsp3) is 0.188. The molecule has 0 spiro atoms. The van der Waals surface area contributed by atoms with Gasteiger partial charge in [0.1, 0.15) is 35.6 Å². The first-order valence-corrected chi connectivity index (χ1v) is 6.53. The van der Waals surface area contributed by atoms with Gasteiger partial charge in [-0.05, 0) is 23.8 Å². The molecule has 0 radical (unpaired) electrons. The van der Waals surface area contributed by atoms with Crippen LogP contribution in [-0.2, 0) is 6.42 Å². The highest BCUT2D eigenvalue weighted by Gasteiger charge is 2.23. The minimum atomic E-state index is -1.15. The molecule has 0 aromatic heterocycles. The van der Waals surface area contributed by atoms with Crippen LogP contribution in [0.4, 0.5) is 4.39 Å². The zero-order chi connectivity index (χ0) is 14.8. The van der Waals surface area contributed by atoms with Gasteiger partial charge in [-0.2, -0.15) is 0 Å². The van der Waals surface area contributed by atoms with Crippen LogP contribution in [0, 0.1) is 5.82 Å². The molecule has 2 aromatic rings. The standard InChI is InChI=1S/C16H13FO4/c17-11-5-6-13(16(18)19)15(8-11)20-9-12-7-10-3-1-2-4-14(10)21-12/h1-6,8,12H,7,9H2,(H,18,19). The lowest BCUT2D eigenvalue weighted by atomic mass is 10.1. The molecule has 1 atom stereocenters. The van der Waals surface area contributed by atoms with Gasteiger partial charge in [-0.1, -0.05) is 18.2 Å². The third-order valence-corrected chi connectivity index (χ3v) is 3.31. The first-order valence-electron chi connectivity index (χ1n) is 6.53. The predicted molar refractivity (Wildman–Crippen MR) is 73.4 cm³/mol. The number of benzene rings is 2. The van der Waals surface area contributed by atoms with Gasteiger partial charge < -0.3 is 14.6 Å². The van der Waals surface area contributed by atoms with Crippen LogP contribution in [0.5, 0.6) is 11.5 Å². The Bertz CT molecular complexity index is 659. The molecule has 5 heteroatoms. The lowest BCUT2D eigenvalue weighted by Gasteiger charge is -2.14. The molecule has 1 aliphatic heterocycles. The number of fused-ring (bicyclic) bond motifs is 1. The van der Waals surface area contributed by atoms with Crippen molar-refractivity contribution in [2.75, 3.05) is 6.61 Å². The molecule has 0 saturated carbocycles. The Morgan fingerprint density at radius 2 is 2.14 bits per heavy atom. The molecular weight excluding hydrogens is 275 g/mol. The molecule has 0 saturated heterocycles.